The van der Waals surface area contributed by atoms with Gasteiger partial charge in [0, 0.05) is 25.1 Å². The van der Waals surface area contributed by atoms with Crippen molar-refractivity contribution >= 4 is 14.1 Å². The lowest BCUT2D eigenvalue weighted by Crippen LogP contribution is -2.44. The van der Waals surface area contributed by atoms with Crippen molar-refractivity contribution in [2.45, 2.75) is 76.2 Å². The lowest BCUT2D eigenvalue weighted by atomic mass is 10.1. The fourth-order valence-corrected chi connectivity index (χ4v) is 4.69. The van der Waals surface area contributed by atoms with Crippen LogP contribution in [0.2, 0.25) is 18.1 Å². The molecule has 2 fully saturated rings. The minimum absolute atomic E-state index is 0.247. The predicted octanol–water partition coefficient (Wildman–Crippen LogP) is 4.03. The molecule has 1 saturated carbocycles. The summed E-state index contributed by atoms with van der Waals surface area (Å²) in [4.78, 5) is 9.29. The zero-order chi connectivity index (χ0) is 17.8. The van der Waals surface area contributed by atoms with Crippen LogP contribution in [0.4, 0.5) is 0 Å². The van der Waals surface area contributed by atoms with Gasteiger partial charge < -0.3 is 9.74 Å². The molecule has 0 spiro atoms. The van der Waals surface area contributed by atoms with E-state index >= 15 is 0 Å². The van der Waals surface area contributed by atoms with Crippen LogP contribution in [0, 0.1) is 0 Å². The highest BCUT2D eigenvalue weighted by Crippen LogP contribution is 2.40. The van der Waals surface area contributed by atoms with Gasteiger partial charge in [0.05, 0.1) is 17.8 Å². The fourth-order valence-electron chi connectivity index (χ4n) is 3.33. The Balaban J connectivity index is 1.47. The van der Waals surface area contributed by atoms with E-state index in [4.69, 9.17) is 9.41 Å². The molecule has 0 radical (unpaired) electrons. The van der Waals surface area contributed by atoms with E-state index in [1.54, 1.807) is 0 Å². The number of fused-ring (bicyclic) bond motifs is 1. The molecule has 1 aliphatic carbocycles. The van der Waals surface area contributed by atoms with E-state index in [1.807, 2.05) is 6.20 Å². The van der Waals surface area contributed by atoms with Crippen molar-refractivity contribution in [3.8, 4) is 0 Å². The average Bonchev–Trinajstić information content (AvgIpc) is 3.12. The highest BCUT2D eigenvalue weighted by Gasteiger charge is 2.41. The van der Waals surface area contributed by atoms with Gasteiger partial charge in [0.1, 0.15) is 0 Å². The molecule has 0 amide bonds. The third-order valence-electron chi connectivity index (χ3n) is 6.11. The van der Waals surface area contributed by atoms with Gasteiger partial charge >= 0.3 is 0 Å². The van der Waals surface area contributed by atoms with Gasteiger partial charge in [-0.1, -0.05) is 20.8 Å². The number of hydrogen-bond acceptors (Lipinski definition) is 4. The molecule has 136 valence electrons. The van der Waals surface area contributed by atoms with Crippen LogP contribution in [-0.2, 0) is 4.43 Å². The van der Waals surface area contributed by atoms with Crippen LogP contribution in [0.3, 0.4) is 0 Å². The molecule has 2 aromatic rings. The fraction of sp³-hybridized carbons (Fsp3) is 0.684. The molecule has 2 atom stereocenters. The van der Waals surface area contributed by atoms with Gasteiger partial charge in [-0.2, -0.15) is 0 Å². The molecule has 0 bridgehead atoms. The van der Waals surface area contributed by atoms with Gasteiger partial charge in [-0.3, -0.25) is 4.40 Å². The standard InChI is InChI=1S/C19H30N4OSi/c1-19(2,3)25(4,5)24-15-8-16(20-10-15)17-12-23-11-14(13-6-7-13)9-21-18(23)22-17/h9,11-13,15-16,20H,6-8,10H2,1-5H3/t15?,16-/m1/s1. The predicted molar refractivity (Wildman–Crippen MR) is 102 cm³/mol. The Kier molecular flexibility index (Phi) is 4.05. The van der Waals surface area contributed by atoms with Crippen molar-refractivity contribution in [3.05, 3.63) is 29.8 Å². The molecule has 25 heavy (non-hydrogen) atoms. The molecule has 5 nitrogen and oxygen atoms in total. The van der Waals surface area contributed by atoms with E-state index in [0.717, 1.165) is 30.4 Å². The summed E-state index contributed by atoms with van der Waals surface area (Å²) in [5.74, 6) is 1.52. The number of hydrogen-bond donors (Lipinski definition) is 1. The summed E-state index contributed by atoms with van der Waals surface area (Å²) >= 11 is 0. The third kappa shape index (κ3) is 3.39. The maximum absolute atomic E-state index is 6.57. The van der Waals surface area contributed by atoms with Gasteiger partial charge in [-0.15, -0.1) is 0 Å². The number of aromatic nitrogens is 3. The van der Waals surface area contributed by atoms with Crippen LogP contribution in [0.15, 0.2) is 18.6 Å². The molecule has 1 N–H and O–H groups in total. The smallest absolute Gasteiger partial charge is 0.233 e. The van der Waals surface area contributed by atoms with Crippen LogP contribution < -0.4 is 5.32 Å². The largest absolute Gasteiger partial charge is 0.413 e. The van der Waals surface area contributed by atoms with Gasteiger partial charge in [0.15, 0.2) is 8.32 Å². The van der Waals surface area contributed by atoms with E-state index < -0.39 is 8.32 Å². The van der Waals surface area contributed by atoms with E-state index in [-0.39, 0.29) is 17.2 Å². The molecule has 2 aliphatic rings. The maximum atomic E-state index is 6.57. The Labute approximate surface area is 151 Å². The Morgan fingerprint density at radius 2 is 2.00 bits per heavy atom. The second kappa shape index (κ2) is 5.89. The summed E-state index contributed by atoms with van der Waals surface area (Å²) in [6.45, 7) is 12.5. The molecule has 1 unspecified atom stereocenters. The molecule has 1 saturated heterocycles. The first-order chi connectivity index (χ1) is 11.7. The van der Waals surface area contributed by atoms with Crippen molar-refractivity contribution in [3.63, 3.8) is 0 Å². The Bertz CT molecular complexity index is 775. The van der Waals surface area contributed by atoms with Crippen molar-refractivity contribution in [2.24, 2.45) is 0 Å². The van der Waals surface area contributed by atoms with Gasteiger partial charge in [0.25, 0.3) is 0 Å². The normalized spacial score (nSPS) is 25.0. The summed E-state index contributed by atoms with van der Waals surface area (Å²) < 4.78 is 8.66. The van der Waals surface area contributed by atoms with E-state index in [0.29, 0.717) is 0 Å². The summed E-state index contributed by atoms with van der Waals surface area (Å²) in [6, 6.07) is 0.265. The second-order valence-electron chi connectivity index (χ2n) is 9.23. The van der Waals surface area contributed by atoms with Crippen LogP contribution in [-0.4, -0.2) is 35.3 Å². The van der Waals surface area contributed by atoms with Crippen LogP contribution in [0.25, 0.3) is 5.78 Å². The molecule has 3 heterocycles. The summed E-state index contributed by atoms with van der Waals surface area (Å²) in [5.41, 5.74) is 2.43. The van der Waals surface area contributed by atoms with Crippen LogP contribution in [0.1, 0.15) is 63.3 Å². The van der Waals surface area contributed by atoms with Gasteiger partial charge in [-0.25, -0.2) is 9.97 Å². The Morgan fingerprint density at radius 1 is 1.24 bits per heavy atom. The molecular weight excluding hydrogens is 328 g/mol. The number of imidazole rings is 1. The van der Waals surface area contributed by atoms with E-state index in [9.17, 15) is 0 Å². The van der Waals surface area contributed by atoms with Gasteiger partial charge in [-0.05, 0) is 48.9 Å². The molecule has 6 heteroatoms. The Morgan fingerprint density at radius 3 is 2.68 bits per heavy atom. The lowest BCUT2D eigenvalue weighted by molar-refractivity contribution is 0.197. The quantitative estimate of drug-likeness (QED) is 0.838. The highest BCUT2D eigenvalue weighted by atomic mass is 28.4. The topological polar surface area (TPSA) is 51.5 Å². The number of rotatable bonds is 4. The first-order valence-corrected chi connectivity index (χ1v) is 12.4. The first-order valence-electron chi connectivity index (χ1n) is 9.49. The van der Waals surface area contributed by atoms with Gasteiger partial charge in [0.2, 0.25) is 5.78 Å². The average molecular weight is 359 g/mol. The van der Waals surface area contributed by atoms with E-state index in [2.05, 4.69) is 61.0 Å². The zero-order valence-electron chi connectivity index (χ0n) is 16.0. The molecule has 4 rings (SSSR count). The van der Waals surface area contributed by atoms with Crippen molar-refractivity contribution in [2.75, 3.05) is 6.54 Å². The maximum Gasteiger partial charge on any atom is 0.233 e. The monoisotopic (exact) mass is 358 g/mol. The van der Waals surface area contributed by atoms with Crippen molar-refractivity contribution in [1.29, 1.82) is 0 Å². The lowest BCUT2D eigenvalue weighted by Gasteiger charge is -2.38. The third-order valence-corrected chi connectivity index (χ3v) is 10.6. The van der Waals surface area contributed by atoms with E-state index in [1.165, 1.54) is 18.4 Å². The summed E-state index contributed by atoms with van der Waals surface area (Å²) in [7, 11) is -1.72. The minimum Gasteiger partial charge on any atom is -0.413 e. The Hall–Kier alpha value is -1.24. The number of nitrogens with one attached hydrogen (secondary N) is 1. The zero-order valence-corrected chi connectivity index (χ0v) is 17.0. The summed E-state index contributed by atoms with van der Waals surface area (Å²) in [5, 5.41) is 3.85. The molecule has 0 aromatic carbocycles. The highest BCUT2D eigenvalue weighted by molar-refractivity contribution is 6.74. The van der Waals surface area contributed by atoms with Crippen LogP contribution in [0.5, 0.6) is 0 Å². The molecule has 2 aromatic heterocycles. The van der Waals surface area contributed by atoms with Crippen molar-refractivity contribution in [1.82, 2.24) is 19.7 Å². The second-order valence-corrected chi connectivity index (χ2v) is 14.0. The summed E-state index contributed by atoms with van der Waals surface area (Å²) in [6.07, 6.45) is 10.2. The minimum atomic E-state index is -1.72. The molecule has 1 aliphatic heterocycles. The van der Waals surface area contributed by atoms with Crippen molar-refractivity contribution < 1.29 is 4.43 Å². The molecular formula is C19H30N4OSi. The first kappa shape index (κ1) is 17.2. The number of nitrogens with zero attached hydrogens (tertiary/aromatic N) is 3. The SMILES string of the molecule is CC(C)(C)[Si](C)(C)OC1CN[C@@H](c2cn3cc(C4CC4)cnc3n2)C1. The van der Waals surface area contributed by atoms with Crippen LogP contribution >= 0.6 is 0 Å².